The molecular formula is C7H14N2O5. The maximum absolute atomic E-state index is 10.0. The SMILES string of the molecule is C#N.N[C@@H](C=O)[C@@H](O)[C@H](O)[C@H](O)CO. The molecule has 0 aromatic rings. The molecule has 0 rings (SSSR count). The van der Waals surface area contributed by atoms with E-state index in [1.807, 2.05) is 0 Å². The minimum absolute atomic E-state index is 0.248. The van der Waals surface area contributed by atoms with E-state index in [2.05, 4.69) is 6.57 Å². The largest absolute Gasteiger partial charge is 0.394 e. The minimum atomic E-state index is -1.62. The third kappa shape index (κ3) is 4.86. The summed E-state index contributed by atoms with van der Waals surface area (Å²) < 4.78 is 0. The van der Waals surface area contributed by atoms with Gasteiger partial charge >= 0.3 is 0 Å². The predicted octanol–water partition coefficient (Wildman–Crippen LogP) is -3.27. The molecule has 0 saturated carbocycles. The Morgan fingerprint density at radius 2 is 1.71 bits per heavy atom. The third-order valence-corrected chi connectivity index (χ3v) is 1.48. The zero-order valence-electron chi connectivity index (χ0n) is 7.39. The Labute approximate surface area is 81.0 Å². The molecule has 0 radical (unpaired) electrons. The van der Waals surface area contributed by atoms with Crippen molar-refractivity contribution in [2.75, 3.05) is 6.61 Å². The first kappa shape index (κ1) is 15.4. The van der Waals surface area contributed by atoms with Gasteiger partial charge in [-0.05, 0) is 0 Å². The van der Waals surface area contributed by atoms with Crippen molar-refractivity contribution in [3.63, 3.8) is 0 Å². The van der Waals surface area contributed by atoms with E-state index in [4.69, 9.17) is 31.4 Å². The van der Waals surface area contributed by atoms with E-state index in [-0.39, 0.29) is 6.29 Å². The van der Waals surface area contributed by atoms with Crippen LogP contribution in [-0.2, 0) is 4.79 Å². The summed E-state index contributed by atoms with van der Waals surface area (Å²) in [7, 11) is 0. The zero-order valence-corrected chi connectivity index (χ0v) is 7.39. The summed E-state index contributed by atoms with van der Waals surface area (Å²) in [6.07, 6.45) is -4.43. The first-order chi connectivity index (χ1) is 6.54. The molecular weight excluding hydrogens is 192 g/mol. The first-order valence-electron chi connectivity index (χ1n) is 3.66. The summed E-state index contributed by atoms with van der Waals surface area (Å²) in [6.45, 7) is 2.80. The highest BCUT2D eigenvalue weighted by molar-refractivity contribution is 5.58. The lowest BCUT2D eigenvalue weighted by atomic mass is 10.0. The average Bonchev–Trinajstić information content (AvgIpc) is 2.27. The highest BCUT2D eigenvalue weighted by atomic mass is 16.4. The van der Waals surface area contributed by atoms with Gasteiger partial charge in [-0.25, -0.2) is 5.26 Å². The molecule has 0 spiro atoms. The summed E-state index contributed by atoms with van der Waals surface area (Å²) in [4.78, 5) is 10.0. The van der Waals surface area contributed by atoms with Crippen LogP contribution in [-0.4, -0.2) is 57.7 Å². The topological polar surface area (TPSA) is 148 Å². The lowest BCUT2D eigenvalue weighted by Gasteiger charge is -2.23. The Hall–Kier alpha value is -1.04. The molecule has 0 unspecified atom stereocenters. The minimum Gasteiger partial charge on any atom is -0.394 e. The van der Waals surface area contributed by atoms with E-state index in [9.17, 15) is 4.79 Å². The highest BCUT2D eigenvalue weighted by Crippen LogP contribution is 2.01. The first-order valence-corrected chi connectivity index (χ1v) is 3.66. The molecule has 0 bridgehead atoms. The number of nitrogens with zero attached hydrogens (tertiary/aromatic N) is 1. The molecule has 6 N–H and O–H groups in total. The molecule has 0 aromatic carbocycles. The van der Waals surface area contributed by atoms with Gasteiger partial charge in [0.05, 0.1) is 12.6 Å². The van der Waals surface area contributed by atoms with Gasteiger partial charge in [0.1, 0.15) is 24.6 Å². The van der Waals surface area contributed by atoms with Gasteiger partial charge < -0.3 is 31.0 Å². The quantitative estimate of drug-likeness (QED) is 0.296. The van der Waals surface area contributed by atoms with Crippen LogP contribution in [0, 0.1) is 11.8 Å². The Morgan fingerprint density at radius 3 is 2.00 bits per heavy atom. The van der Waals surface area contributed by atoms with Crippen LogP contribution in [0.2, 0.25) is 0 Å². The van der Waals surface area contributed by atoms with E-state index in [0.29, 0.717) is 0 Å². The molecule has 0 amide bonds. The van der Waals surface area contributed by atoms with Gasteiger partial charge in [0.2, 0.25) is 0 Å². The summed E-state index contributed by atoms with van der Waals surface area (Å²) in [5, 5.41) is 41.7. The van der Waals surface area contributed by atoms with Crippen molar-refractivity contribution >= 4 is 6.29 Å². The molecule has 0 aliphatic carbocycles. The van der Waals surface area contributed by atoms with Gasteiger partial charge in [-0.1, -0.05) is 0 Å². The van der Waals surface area contributed by atoms with Crippen molar-refractivity contribution < 1.29 is 25.2 Å². The smallest absolute Gasteiger partial charge is 0.139 e. The van der Waals surface area contributed by atoms with E-state index < -0.39 is 31.0 Å². The van der Waals surface area contributed by atoms with Crippen LogP contribution in [0.3, 0.4) is 0 Å². The molecule has 0 fully saturated rings. The molecule has 82 valence electrons. The molecule has 7 nitrogen and oxygen atoms in total. The lowest BCUT2D eigenvalue weighted by molar-refractivity contribution is -0.118. The molecule has 0 aliphatic heterocycles. The van der Waals surface area contributed by atoms with Gasteiger partial charge in [-0.3, -0.25) is 0 Å². The molecule has 0 heterocycles. The van der Waals surface area contributed by atoms with E-state index in [1.165, 1.54) is 0 Å². The van der Waals surface area contributed by atoms with Crippen LogP contribution in [0.1, 0.15) is 0 Å². The number of aldehydes is 1. The molecule has 0 saturated heterocycles. The van der Waals surface area contributed by atoms with Crippen molar-refractivity contribution in [3.05, 3.63) is 0 Å². The predicted molar refractivity (Wildman–Crippen MR) is 45.8 cm³/mol. The second kappa shape index (κ2) is 8.55. The number of nitriles is 1. The standard InChI is InChI=1S/C6H13NO5.CHN/c7-3(1-8)5(11)6(12)4(10)2-9;1-2/h1,3-6,9-12H,2,7H2;1H/t3-,4+,5+,6+;/m0./s1. The van der Waals surface area contributed by atoms with Gasteiger partial charge in [-0.15, -0.1) is 0 Å². The zero-order chi connectivity index (χ0) is 11.7. The summed E-state index contributed by atoms with van der Waals surface area (Å²) >= 11 is 0. The number of hydrogen-bond acceptors (Lipinski definition) is 7. The monoisotopic (exact) mass is 206 g/mol. The number of carbonyl (C=O) groups excluding carboxylic acids is 1. The van der Waals surface area contributed by atoms with Crippen LogP contribution in [0.4, 0.5) is 0 Å². The maximum Gasteiger partial charge on any atom is 0.139 e. The van der Waals surface area contributed by atoms with Crippen molar-refractivity contribution in [1.82, 2.24) is 0 Å². The van der Waals surface area contributed by atoms with Crippen LogP contribution in [0.25, 0.3) is 0 Å². The second-order valence-electron chi connectivity index (χ2n) is 2.44. The maximum atomic E-state index is 10.0. The van der Waals surface area contributed by atoms with Crippen LogP contribution in [0.5, 0.6) is 0 Å². The fraction of sp³-hybridized carbons (Fsp3) is 0.714. The lowest BCUT2D eigenvalue weighted by Crippen LogP contribution is -2.49. The third-order valence-electron chi connectivity index (χ3n) is 1.48. The normalized spacial score (nSPS) is 18.2. The fourth-order valence-corrected chi connectivity index (χ4v) is 0.644. The molecule has 14 heavy (non-hydrogen) atoms. The average molecular weight is 206 g/mol. The van der Waals surface area contributed by atoms with Gasteiger partial charge in [0.25, 0.3) is 0 Å². The number of hydrogen-bond donors (Lipinski definition) is 5. The van der Waals surface area contributed by atoms with E-state index >= 15 is 0 Å². The van der Waals surface area contributed by atoms with Crippen molar-refractivity contribution in [2.45, 2.75) is 24.4 Å². The van der Waals surface area contributed by atoms with Crippen molar-refractivity contribution in [1.29, 1.82) is 5.26 Å². The van der Waals surface area contributed by atoms with Gasteiger partial charge in [0.15, 0.2) is 0 Å². The van der Waals surface area contributed by atoms with E-state index in [1.54, 1.807) is 0 Å². The number of carbonyl (C=O) groups is 1. The number of aliphatic hydroxyl groups is 4. The second-order valence-corrected chi connectivity index (χ2v) is 2.44. The van der Waals surface area contributed by atoms with Crippen molar-refractivity contribution in [3.8, 4) is 6.57 Å². The summed E-state index contributed by atoms with van der Waals surface area (Å²) in [5.41, 5.74) is 5.04. The molecule has 4 atom stereocenters. The number of aliphatic hydroxyl groups excluding tert-OH is 4. The van der Waals surface area contributed by atoms with Gasteiger partial charge in [-0.2, -0.15) is 0 Å². The molecule has 0 aromatic heterocycles. The van der Waals surface area contributed by atoms with Gasteiger partial charge in [0, 0.05) is 6.57 Å². The Balaban J connectivity index is 0. The van der Waals surface area contributed by atoms with Crippen LogP contribution < -0.4 is 5.73 Å². The van der Waals surface area contributed by atoms with Crippen molar-refractivity contribution in [2.24, 2.45) is 5.73 Å². The Kier molecular flexibility index (Phi) is 9.43. The van der Waals surface area contributed by atoms with Crippen LogP contribution in [0.15, 0.2) is 0 Å². The Morgan fingerprint density at radius 1 is 1.29 bits per heavy atom. The molecule has 0 aliphatic rings. The Bertz CT molecular complexity index is 175. The highest BCUT2D eigenvalue weighted by Gasteiger charge is 2.28. The summed E-state index contributed by atoms with van der Waals surface area (Å²) in [6, 6.07) is -1.26. The number of nitrogens with two attached hydrogens (primary N) is 1. The summed E-state index contributed by atoms with van der Waals surface area (Å²) in [5.74, 6) is 0. The number of rotatable bonds is 5. The fourth-order valence-electron chi connectivity index (χ4n) is 0.644. The van der Waals surface area contributed by atoms with Crippen LogP contribution >= 0.6 is 0 Å². The van der Waals surface area contributed by atoms with E-state index in [0.717, 1.165) is 0 Å². The molecule has 7 heteroatoms.